The van der Waals surface area contributed by atoms with Crippen LogP contribution in [0.5, 0.6) is 0 Å². The van der Waals surface area contributed by atoms with Crippen molar-refractivity contribution in [2.75, 3.05) is 40.0 Å². The van der Waals surface area contributed by atoms with Crippen LogP contribution in [0.25, 0.3) is 0 Å². The second-order valence-corrected chi connectivity index (χ2v) is 4.57. The van der Waals surface area contributed by atoms with Gasteiger partial charge < -0.3 is 14.8 Å². The smallest absolute Gasteiger partial charge is 0.0709 e. The third kappa shape index (κ3) is 6.97. The van der Waals surface area contributed by atoms with Crippen molar-refractivity contribution in [2.45, 2.75) is 11.8 Å². The van der Waals surface area contributed by atoms with Gasteiger partial charge in [-0.3, -0.25) is 0 Å². The van der Waals surface area contributed by atoms with Crippen molar-refractivity contribution < 1.29 is 9.47 Å². The van der Waals surface area contributed by atoms with E-state index in [-0.39, 0.29) is 5.38 Å². The normalized spacial score (nSPS) is 12.6. The van der Waals surface area contributed by atoms with Gasteiger partial charge in [-0.25, -0.2) is 0 Å². The van der Waals surface area contributed by atoms with Crippen LogP contribution in [-0.4, -0.2) is 40.0 Å². The first-order chi connectivity index (χ1) is 8.84. The predicted molar refractivity (Wildman–Crippen MR) is 75.2 cm³/mol. The van der Waals surface area contributed by atoms with Crippen LogP contribution >= 0.6 is 11.6 Å². The third-order valence-corrected chi connectivity index (χ3v) is 2.97. The van der Waals surface area contributed by atoms with E-state index in [1.165, 1.54) is 0 Å². The fraction of sp³-hybridized carbons (Fsp3) is 0.571. The molecule has 1 N–H and O–H groups in total. The molecule has 18 heavy (non-hydrogen) atoms. The van der Waals surface area contributed by atoms with Crippen molar-refractivity contribution in [3.8, 4) is 0 Å². The van der Waals surface area contributed by atoms with Crippen LogP contribution in [0.2, 0.25) is 0 Å². The van der Waals surface area contributed by atoms with Crippen molar-refractivity contribution in [1.29, 1.82) is 0 Å². The molecule has 1 aromatic rings. The summed E-state index contributed by atoms with van der Waals surface area (Å²) >= 11 is 6.28. The Labute approximate surface area is 114 Å². The molecule has 0 spiro atoms. The number of alkyl halides is 1. The maximum atomic E-state index is 6.28. The fourth-order valence-corrected chi connectivity index (χ4v) is 1.81. The van der Waals surface area contributed by atoms with Crippen LogP contribution in [0.1, 0.15) is 17.4 Å². The maximum Gasteiger partial charge on any atom is 0.0709 e. The number of halogens is 1. The minimum absolute atomic E-state index is 0.0283. The molecule has 3 nitrogen and oxygen atoms in total. The summed E-state index contributed by atoms with van der Waals surface area (Å²) in [5.74, 6) is 0. The molecule has 0 aliphatic rings. The van der Waals surface area contributed by atoms with Gasteiger partial charge in [0.15, 0.2) is 0 Å². The van der Waals surface area contributed by atoms with Crippen molar-refractivity contribution in [2.24, 2.45) is 0 Å². The van der Waals surface area contributed by atoms with Crippen LogP contribution in [0.4, 0.5) is 0 Å². The average molecular weight is 272 g/mol. The van der Waals surface area contributed by atoms with Gasteiger partial charge in [-0.05, 0) is 18.5 Å². The van der Waals surface area contributed by atoms with E-state index in [0.717, 1.165) is 31.7 Å². The third-order valence-electron chi connectivity index (χ3n) is 2.56. The van der Waals surface area contributed by atoms with E-state index >= 15 is 0 Å². The van der Waals surface area contributed by atoms with E-state index in [0.29, 0.717) is 13.2 Å². The molecule has 0 aliphatic carbocycles. The summed E-state index contributed by atoms with van der Waals surface area (Å²) in [6.45, 7) is 3.78. The van der Waals surface area contributed by atoms with Gasteiger partial charge in [-0.15, -0.1) is 11.6 Å². The van der Waals surface area contributed by atoms with Gasteiger partial charge in [-0.1, -0.05) is 30.3 Å². The molecule has 0 amide bonds. The zero-order valence-corrected chi connectivity index (χ0v) is 11.7. The minimum Gasteiger partial charge on any atom is -0.382 e. The highest BCUT2D eigenvalue weighted by atomic mass is 35.5. The maximum absolute atomic E-state index is 6.28. The van der Waals surface area contributed by atoms with E-state index in [1.807, 2.05) is 30.3 Å². The molecule has 0 bridgehead atoms. The van der Waals surface area contributed by atoms with E-state index in [9.17, 15) is 0 Å². The van der Waals surface area contributed by atoms with Crippen molar-refractivity contribution >= 4 is 11.6 Å². The molecule has 1 rings (SSSR count). The quantitative estimate of drug-likeness (QED) is 0.524. The molecule has 102 valence electrons. The van der Waals surface area contributed by atoms with Crippen LogP contribution in [-0.2, 0) is 9.47 Å². The second-order valence-electron chi connectivity index (χ2n) is 4.04. The first-order valence-corrected chi connectivity index (χ1v) is 6.74. The van der Waals surface area contributed by atoms with Crippen LogP contribution in [0.15, 0.2) is 30.3 Å². The summed E-state index contributed by atoms with van der Waals surface area (Å²) < 4.78 is 10.3. The highest BCUT2D eigenvalue weighted by molar-refractivity contribution is 6.21. The zero-order valence-electron chi connectivity index (χ0n) is 10.9. The number of ether oxygens (including phenoxy) is 2. The largest absolute Gasteiger partial charge is 0.382 e. The first-order valence-electron chi connectivity index (χ1n) is 6.31. The Balaban J connectivity index is 1.98. The lowest BCUT2D eigenvalue weighted by molar-refractivity contribution is 0.0695. The molecule has 0 saturated carbocycles. The molecule has 0 saturated heterocycles. The average Bonchev–Trinajstić information content (AvgIpc) is 2.42. The Morgan fingerprint density at radius 1 is 1.17 bits per heavy atom. The zero-order chi connectivity index (χ0) is 13.1. The second kappa shape index (κ2) is 10.3. The van der Waals surface area contributed by atoms with Crippen LogP contribution in [0, 0.1) is 0 Å². The van der Waals surface area contributed by atoms with Crippen LogP contribution in [0.3, 0.4) is 0 Å². The summed E-state index contributed by atoms with van der Waals surface area (Å²) in [5, 5.41) is 3.36. The molecule has 0 radical (unpaired) electrons. The highest BCUT2D eigenvalue weighted by Gasteiger charge is 2.05. The number of rotatable bonds is 10. The topological polar surface area (TPSA) is 30.5 Å². The van der Waals surface area contributed by atoms with E-state index in [1.54, 1.807) is 7.11 Å². The van der Waals surface area contributed by atoms with E-state index in [4.69, 9.17) is 21.1 Å². The number of hydrogen-bond acceptors (Lipinski definition) is 3. The molecule has 1 unspecified atom stereocenters. The first kappa shape index (κ1) is 15.4. The molecular formula is C14H22ClNO2. The van der Waals surface area contributed by atoms with Crippen LogP contribution < -0.4 is 5.32 Å². The molecule has 1 aromatic carbocycles. The molecule has 1 atom stereocenters. The Hall–Kier alpha value is -0.610. The molecule has 4 heteroatoms. The lowest BCUT2D eigenvalue weighted by Gasteiger charge is -2.11. The number of methoxy groups -OCH3 is 1. The summed E-state index contributed by atoms with van der Waals surface area (Å²) in [6.07, 6.45) is 0.988. The lowest BCUT2D eigenvalue weighted by atomic mass is 10.1. The van der Waals surface area contributed by atoms with Gasteiger partial charge in [-0.2, -0.15) is 0 Å². The molecule has 0 heterocycles. The van der Waals surface area contributed by atoms with Crippen molar-refractivity contribution in [1.82, 2.24) is 5.32 Å². The molecular weight excluding hydrogens is 250 g/mol. The minimum atomic E-state index is 0.0283. The predicted octanol–water partition coefficient (Wildman–Crippen LogP) is 2.61. The van der Waals surface area contributed by atoms with Gasteiger partial charge in [0.25, 0.3) is 0 Å². The number of nitrogens with one attached hydrogen (secondary N) is 1. The van der Waals surface area contributed by atoms with Gasteiger partial charge in [0, 0.05) is 20.3 Å². The molecule has 0 fully saturated rings. The van der Waals surface area contributed by atoms with Crippen molar-refractivity contribution in [3.63, 3.8) is 0 Å². The Morgan fingerprint density at radius 2 is 1.94 bits per heavy atom. The Kier molecular flexibility index (Phi) is 8.86. The van der Waals surface area contributed by atoms with Crippen molar-refractivity contribution in [3.05, 3.63) is 35.9 Å². The SMILES string of the molecule is COCCOCCCNCC(Cl)c1ccccc1. The highest BCUT2D eigenvalue weighted by Crippen LogP contribution is 2.18. The lowest BCUT2D eigenvalue weighted by Crippen LogP contribution is -2.21. The molecule has 0 aromatic heterocycles. The summed E-state index contributed by atoms with van der Waals surface area (Å²) in [5.41, 5.74) is 1.16. The van der Waals surface area contributed by atoms with Gasteiger partial charge in [0.05, 0.1) is 18.6 Å². The monoisotopic (exact) mass is 271 g/mol. The summed E-state index contributed by atoms with van der Waals surface area (Å²) in [7, 11) is 1.68. The summed E-state index contributed by atoms with van der Waals surface area (Å²) in [6, 6.07) is 10.1. The Bertz CT molecular complexity index is 295. The summed E-state index contributed by atoms with van der Waals surface area (Å²) in [4.78, 5) is 0. The van der Waals surface area contributed by atoms with Gasteiger partial charge in [0.2, 0.25) is 0 Å². The number of hydrogen-bond donors (Lipinski definition) is 1. The standard InChI is InChI=1S/C14H22ClNO2/c1-17-10-11-18-9-5-8-16-12-14(15)13-6-3-2-4-7-13/h2-4,6-7,14,16H,5,8-12H2,1H3. The molecule has 0 aliphatic heterocycles. The number of benzene rings is 1. The van der Waals surface area contributed by atoms with Gasteiger partial charge >= 0.3 is 0 Å². The Morgan fingerprint density at radius 3 is 2.67 bits per heavy atom. The van der Waals surface area contributed by atoms with E-state index < -0.39 is 0 Å². The van der Waals surface area contributed by atoms with E-state index in [2.05, 4.69) is 5.32 Å². The van der Waals surface area contributed by atoms with Gasteiger partial charge in [0.1, 0.15) is 0 Å². The fourth-order valence-electron chi connectivity index (χ4n) is 1.55.